The number of amides is 1. The predicted octanol–water partition coefficient (Wildman–Crippen LogP) is 3.73. The molecule has 2 aromatic carbocycles. The highest BCUT2D eigenvalue weighted by atomic mass is 32.2. The molecule has 4 rings (SSSR count). The largest absolute Gasteiger partial charge is 0.487 e. The van der Waals surface area contributed by atoms with Gasteiger partial charge in [0, 0.05) is 35.4 Å². The van der Waals surface area contributed by atoms with Crippen LogP contribution in [0.5, 0.6) is 5.75 Å². The number of fused-ring (bicyclic) bond motifs is 1. The Bertz CT molecular complexity index is 1360. The summed E-state index contributed by atoms with van der Waals surface area (Å²) in [6.07, 6.45) is 7.48. The van der Waals surface area contributed by atoms with E-state index in [1.807, 2.05) is 18.2 Å². The number of rotatable bonds is 7. The van der Waals surface area contributed by atoms with Gasteiger partial charge in [-0.25, -0.2) is 13.1 Å². The van der Waals surface area contributed by atoms with Crippen LogP contribution in [0.1, 0.15) is 11.3 Å². The second-order valence-electron chi connectivity index (χ2n) is 6.83. The zero-order valence-corrected chi connectivity index (χ0v) is 17.7. The highest BCUT2D eigenvalue weighted by Crippen LogP contribution is 2.22. The summed E-state index contributed by atoms with van der Waals surface area (Å²) in [6.45, 7) is 0.348. The fourth-order valence-electron chi connectivity index (χ4n) is 3.04. The summed E-state index contributed by atoms with van der Waals surface area (Å²) in [5, 5.41) is 1.16. The first-order chi connectivity index (χ1) is 15.5. The molecule has 0 atom stereocenters. The molecule has 1 N–H and O–H groups in total. The van der Waals surface area contributed by atoms with E-state index in [0.29, 0.717) is 23.1 Å². The second-order valence-corrected chi connectivity index (χ2v) is 8.49. The van der Waals surface area contributed by atoms with E-state index in [1.165, 1.54) is 24.4 Å². The van der Waals surface area contributed by atoms with Crippen LogP contribution in [0.4, 0.5) is 0 Å². The Morgan fingerprint density at radius 2 is 1.81 bits per heavy atom. The van der Waals surface area contributed by atoms with Gasteiger partial charge in [-0.1, -0.05) is 30.3 Å². The number of ether oxygens (including phenoxy) is 1. The van der Waals surface area contributed by atoms with Crippen LogP contribution in [0.3, 0.4) is 0 Å². The van der Waals surface area contributed by atoms with E-state index < -0.39 is 15.9 Å². The van der Waals surface area contributed by atoms with Gasteiger partial charge in [-0.2, -0.15) is 0 Å². The number of pyridine rings is 2. The number of benzene rings is 2. The Kier molecular flexibility index (Phi) is 6.23. The topological polar surface area (TPSA) is 98.2 Å². The summed E-state index contributed by atoms with van der Waals surface area (Å²) in [6, 6.07) is 19.1. The zero-order valence-electron chi connectivity index (χ0n) is 16.9. The quantitative estimate of drug-likeness (QED) is 0.435. The molecule has 2 heterocycles. The minimum absolute atomic E-state index is 0.0218. The van der Waals surface area contributed by atoms with Gasteiger partial charge in [0.05, 0.1) is 10.6 Å². The molecule has 0 fully saturated rings. The average molecular weight is 446 g/mol. The molecule has 32 heavy (non-hydrogen) atoms. The maximum absolute atomic E-state index is 12.7. The van der Waals surface area contributed by atoms with Crippen molar-refractivity contribution in [3.63, 3.8) is 0 Å². The Labute approximate surface area is 185 Å². The molecule has 4 aromatic rings. The standard InChI is InChI=1S/C24H19N3O4S/c28-24(27-32(29,30)23-6-3-4-19-16-25-15-13-22(19)23)12-9-18-7-10-21(11-8-18)31-17-20-5-1-2-14-26-20/h1-16H,17H2,(H,27,28)/b12-9+. The van der Waals surface area contributed by atoms with Crippen LogP contribution in [-0.2, 0) is 21.4 Å². The summed E-state index contributed by atoms with van der Waals surface area (Å²) in [4.78, 5) is 20.5. The Hall–Kier alpha value is -4.04. The molecule has 0 spiro atoms. The van der Waals surface area contributed by atoms with Gasteiger partial charge in [-0.3, -0.25) is 14.8 Å². The Balaban J connectivity index is 1.39. The molecule has 0 saturated carbocycles. The average Bonchev–Trinajstić information content (AvgIpc) is 2.82. The summed E-state index contributed by atoms with van der Waals surface area (Å²) in [5.41, 5.74) is 1.54. The molecule has 0 unspecified atom stereocenters. The minimum atomic E-state index is -4.04. The van der Waals surface area contributed by atoms with Crippen molar-refractivity contribution in [3.05, 3.63) is 103 Å². The normalized spacial score (nSPS) is 11.5. The molecule has 8 heteroatoms. The first kappa shape index (κ1) is 21.2. The van der Waals surface area contributed by atoms with Crippen molar-refractivity contribution >= 4 is 32.8 Å². The van der Waals surface area contributed by atoms with Gasteiger partial charge < -0.3 is 4.74 Å². The van der Waals surface area contributed by atoms with Crippen LogP contribution >= 0.6 is 0 Å². The second kappa shape index (κ2) is 9.40. The van der Waals surface area contributed by atoms with Crippen molar-refractivity contribution in [1.29, 1.82) is 0 Å². The van der Waals surface area contributed by atoms with E-state index in [1.54, 1.807) is 54.9 Å². The van der Waals surface area contributed by atoms with Crippen molar-refractivity contribution in [2.24, 2.45) is 0 Å². The van der Waals surface area contributed by atoms with Crippen molar-refractivity contribution in [1.82, 2.24) is 14.7 Å². The number of carbonyl (C=O) groups excluding carboxylic acids is 1. The Morgan fingerprint density at radius 3 is 2.59 bits per heavy atom. The first-order valence-electron chi connectivity index (χ1n) is 9.72. The molecule has 160 valence electrons. The van der Waals surface area contributed by atoms with E-state index in [2.05, 4.69) is 14.7 Å². The maximum Gasteiger partial charge on any atom is 0.264 e. The van der Waals surface area contributed by atoms with E-state index >= 15 is 0 Å². The van der Waals surface area contributed by atoms with Crippen molar-refractivity contribution in [2.75, 3.05) is 0 Å². The van der Waals surface area contributed by atoms with Crippen LogP contribution in [0.15, 0.2) is 96.3 Å². The lowest BCUT2D eigenvalue weighted by atomic mass is 10.2. The molecule has 1 amide bonds. The van der Waals surface area contributed by atoms with Gasteiger partial charge in [-0.05, 0) is 48.0 Å². The molecular weight excluding hydrogens is 426 g/mol. The van der Waals surface area contributed by atoms with Gasteiger partial charge in [0.15, 0.2) is 0 Å². The molecule has 0 aliphatic carbocycles. The first-order valence-corrected chi connectivity index (χ1v) is 11.2. The molecular formula is C24H19N3O4S. The number of carbonyl (C=O) groups is 1. The highest BCUT2D eigenvalue weighted by molar-refractivity contribution is 7.90. The molecule has 0 saturated heterocycles. The lowest BCUT2D eigenvalue weighted by Gasteiger charge is -2.08. The Morgan fingerprint density at radius 1 is 0.969 bits per heavy atom. The van der Waals surface area contributed by atoms with E-state index in [4.69, 9.17) is 4.74 Å². The van der Waals surface area contributed by atoms with Crippen molar-refractivity contribution in [3.8, 4) is 5.75 Å². The van der Waals surface area contributed by atoms with Crippen molar-refractivity contribution in [2.45, 2.75) is 11.5 Å². The number of hydrogen-bond donors (Lipinski definition) is 1. The third-order valence-corrected chi connectivity index (χ3v) is 5.99. The molecule has 0 bridgehead atoms. The molecule has 0 aliphatic heterocycles. The minimum Gasteiger partial charge on any atom is -0.487 e. The fourth-order valence-corrected chi connectivity index (χ4v) is 4.21. The lowest BCUT2D eigenvalue weighted by Crippen LogP contribution is -2.29. The van der Waals surface area contributed by atoms with Crippen LogP contribution in [0.2, 0.25) is 0 Å². The van der Waals surface area contributed by atoms with Gasteiger partial charge in [0.1, 0.15) is 12.4 Å². The zero-order chi connectivity index (χ0) is 22.4. The highest BCUT2D eigenvalue weighted by Gasteiger charge is 2.19. The number of nitrogens with one attached hydrogen (secondary N) is 1. The summed E-state index contributed by atoms with van der Waals surface area (Å²) in [5.74, 6) is -0.0863. The van der Waals surface area contributed by atoms with Gasteiger partial charge in [0.25, 0.3) is 15.9 Å². The lowest BCUT2D eigenvalue weighted by molar-refractivity contribution is -0.114. The molecule has 0 aliphatic rings. The predicted molar refractivity (Wildman–Crippen MR) is 121 cm³/mol. The summed E-state index contributed by atoms with van der Waals surface area (Å²) in [7, 11) is -4.04. The monoisotopic (exact) mass is 445 g/mol. The van der Waals surface area contributed by atoms with E-state index in [-0.39, 0.29) is 4.90 Å². The van der Waals surface area contributed by atoms with Crippen LogP contribution in [0.25, 0.3) is 16.8 Å². The SMILES string of the molecule is O=C(/C=C/c1ccc(OCc2ccccn2)cc1)NS(=O)(=O)c1cccc2cnccc12. The number of nitrogens with zero attached hydrogens (tertiary/aromatic N) is 2. The molecule has 0 radical (unpaired) electrons. The van der Waals surface area contributed by atoms with E-state index in [0.717, 1.165) is 11.3 Å². The molecule has 2 aromatic heterocycles. The van der Waals surface area contributed by atoms with Crippen LogP contribution in [0, 0.1) is 0 Å². The molecule has 7 nitrogen and oxygen atoms in total. The van der Waals surface area contributed by atoms with Gasteiger partial charge in [-0.15, -0.1) is 0 Å². The summed E-state index contributed by atoms with van der Waals surface area (Å²) < 4.78 is 33.1. The van der Waals surface area contributed by atoms with Crippen LogP contribution < -0.4 is 9.46 Å². The smallest absolute Gasteiger partial charge is 0.264 e. The van der Waals surface area contributed by atoms with Gasteiger partial charge in [0.2, 0.25) is 0 Å². The van der Waals surface area contributed by atoms with E-state index in [9.17, 15) is 13.2 Å². The maximum atomic E-state index is 12.7. The number of hydrogen-bond acceptors (Lipinski definition) is 6. The fraction of sp³-hybridized carbons (Fsp3) is 0.0417. The number of sulfonamides is 1. The van der Waals surface area contributed by atoms with Crippen molar-refractivity contribution < 1.29 is 17.9 Å². The van der Waals surface area contributed by atoms with Crippen LogP contribution in [-0.4, -0.2) is 24.3 Å². The van der Waals surface area contributed by atoms with Gasteiger partial charge >= 0.3 is 0 Å². The summed E-state index contributed by atoms with van der Waals surface area (Å²) >= 11 is 0. The third-order valence-electron chi connectivity index (χ3n) is 4.59. The number of aromatic nitrogens is 2. The third kappa shape index (κ3) is 5.16.